The lowest BCUT2D eigenvalue weighted by Crippen LogP contribution is -2.14. The highest BCUT2D eigenvalue weighted by atomic mass is 79.9. The SMILES string of the molecule is NC(Cc1cccc(Br)c1)c1cccc(F)c1Cl. The molecule has 0 aliphatic rings. The lowest BCUT2D eigenvalue weighted by atomic mass is 9.99. The standard InChI is InChI=1S/C14H12BrClFN/c15-10-4-1-3-9(7-10)8-13(18)11-5-2-6-12(17)14(11)16/h1-7,13H,8,18H2. The van der Waals surface area contributed by atoms with Gasteiger partial charge in [0.15, 0.2) is 0 Å². The highest BCUT2D eigenvalue weighted by Gasteiger charge is 2.13. The molecule has 4 heteroatoms. The zero-order valence-electron chi connectivity index (χ0n) is 9.54. The monoisotopic (exact) mass is 327 g/mol. The molecule has 1 unspecified atom stereocenters. The largest absolute Gasteiger partial charge is 0.324 e. The number of nitrogens with two attached hydrogens (primary N) is 1. The molecule has 0 spiro atoms. The van der Waals surface area contributed by atoms with Crippen LogP contribution in [-0.2, 0) is 6.42 Å². The molecular weight excluding hydrogens is 317 g/mol. The van der Waals surface area contributed by atoms with Crippen LogP contribution in [0.15, 0.2) is 46.9 Å². The van der Waals surface area contributed by atoms with Crippen LogP contribution in [0.4, 0.5) is 4.39 Å². The van der Waals surface area contributed by atoms with Gasteiger partial charge in [0.2, 0.25) is 0 Å². The average molecular weight is 329 g/mol. The van der Waals surface area contributed by atoms with E-state index >= 15 is 0 Å². The minimum absolute atomic E-state index is 0.111. The number of hydrogen-bond acceptors (Lipinski definition) is 1. The second-order valence-corrected chi connectivity index (χ2v) is 5.38. The minimum Gasteiger partial charge on any atom is -0.324 e. The van der Waals surface area contributed by atoms with Gasteiger partial charge >= 0.3 is 0 Å². The van der Waals surface area contributed by atoms with Crippen molar-refractivity contribution in [2.75, 3.05) is 0 Å². The van der Waals surface area contributed by atoms with Crippen molar-refractivity contribution in [1.82, 2.24) is 0 Å². The Morgan fingerprint density at radius 1 is 1.22 bits per heavy atom. The number of rotatable bonds is 3. The van der Waals surface area contributed by atoms with Crippen molar-refractivity contribution in [2.45, 2.75) is 12.5 Å². The molecule has 2 aromatic rings. The quantitative estimate of drug-likeness (QED) is 0.883. The van der Waals surface area contributed by atoms with Gasteiger partial charge in [0, 0.05) is 10.5 Å². The maximum Gasteiger partial charge on any atom is 0.142 e. The third-order valence-corrected chi connectivity index (χ3v) is 3.62. The number of benzene rings is 2. The Balaban J connectivity index is 2.22. The van der Waals surface area contributed by atoms with E-state index in [0.29, 0.717) is 12.0 Å². The molecule has 0 bridgehead atoms. The highest BCUT2D eigenvalue weighted by Crippen LogP contribution is 2.27. The van der Waals surface area contributed by atoms with E-state index in [9.17, 15) is 4.39 Å². The Labute approximate surface area is 119 Å². The van der Waals surface area contributed by atoms with Crippen molar-refractivity contribution in [3.8, 4) is 0 Å². The molecule has 2 aromatic carbocycles. The Morgan fingerprint density at radius 2 is 1.94 bits per heavy atom. The Bertz CT molecular complexity index is 559. The first-order chi connectivity index (χ1) is 8.58. The smallest absolute Gasteiger partial charge is 0.142 e. The molecule has 0 aromatic heterocycles. The minimum atomic E-state index is -0.432. The molecule has 0 aliphatic heterocycles. The molecule has 94 valence electrons. The Morgan fingerprint density at radius 3 is 2.67 bits per heavy atom. The van der Waals surface area contributed by atoms with E-state index in [4.69, 9.17) is 17.3 Å². The van der Waals surface area contributed by atoms with Gasteiger partial charge in [0.25, 0.3) is 0 Å². The molecule has 2 rings (SSSR count). The molecule has 1 atom stereocenters. The van der Waals surface area contributed by atoms with E-state index < -0.39 is 5.82 Å². The van der Waals surface area contributed by atoms with Crippen molar-refractivity contribution in [3.05, 3.63) is 68.9 Å². The predicted octanol–water partition coefficient (Wildman–Crippen LogP) is 4.48. The molecular formula is C14H12BrClFN. The lowest BCUT2D eigenvalue weighted by Gasteiger charge is -2.14. The highest BCUT2D eigenvalue weighted by molar-refractivity contribution is 9.10. The van der Waals surface area contributed by atoms with Crippen molar-refractivity contribution >= 4 is 27.5 Å². The van der Waals surface area contributed by atoms with E-state index in [2.05, 4.69) is 15.9 Å². The second-order valence-electron chi connectivity index (χ2n) is 4.08. The van der Waals surface area contributed by atoms with Crippen molar-refractivity contribution in [1.29, 1.82) is 0 Å². The number of halogens is 3. The average Bonchev–Trinajstić information content (AvgIpc) is 2.32. The van der Waals surface area contributed by atoms with Gasteiger partial charge in [0.1, 0.15) is 5.82 Å². The fraction of sp³-hybridized carbons (Fsp3) is 0.143. The third kappa shape index (κ3) is 3.10. The van der Waals surface area contributed by atoms with Gasteiger partial charge in [-0.2, -0.15) is 0 Å². The van der Waals surface area contributed by atoms with E-state index in [0.717, 1.165) is 10.0 Å². The molecule has 0 fully saturated rings. The predicted molar refractivity (Wildman–Crippen MR) is 76.2 cm³/mol. The van der Waals surface area contributed by atoms with Crippen molar-refractivity contribution in [2.24, 2.45) is 5.73 Å². The summed E-state index contributed by atoms with van der Waals surface area (Å²) >= 11 is 9.33. The molecule has 18 heavy (non-hydrogen) atoms. The van der Waals surface area contributed by atoms with E-state index in [1.807, 2.05) is 24.3 Å². The van der Waals surface area contributed by atoms with Crippen LogP contribution < -0.4 is 5.73 Å². The summed E-state index contributed by atoms with van der Waals surface area (Å²) in [5.74, 6) is -0.432. The molecule has 0 amide bonds. The maximum atomic E-state index is 13.3. The van der Waals surface area contributed by atoms with Crippen LogP contribution in [0.5, 0.6) is 0 Å². The van der Waals surface area contributed by atoms with Crippen LogP contribution in [-0.4, -0.2) is 0 Å². The summed E-state index contributed by atoms with van der Waals surface area (Å²) in [7, 11) is 0. The normalized spacial score (nSPS) is 12.4. The zero-order valence-corrected chi connectivity index (χ0v) is 11.9. The van der Waals surface area contributed by atoms with Crippen LogP contribution in [0.1, 0.15) is 17.2 Å². The van der Waals surface area contributed by atoms with Gasteiger partial charge in [-0.3, -0.25) is 0 Å². The molecule has 0 heterocycles. The molecule has 1 nitrogen and oxygen atoms in total. The van der Waals surface area contributed by atoms with E-state index in [1.54, 1.807) is 12.1 Å². The zero-order chi connectivity index (χ0) is 13.1. The fourth-order valence-corrected chi connectivity index (χ4v) is 2.55. The van der Waals surface area contributed by atoms with Gasteiger partial charge < -0.3 is 5.73 Å². The van der Waals surface area contributed by atoms with Gasteiger partial charge in [0.05, 0.1) is 5.02 Å². The summed E-state index contributed by atoms with van der Waals surface area (Å²) in [6.45, 7) is 0. The topological polar surface area (TPSA) is 26.0 Å². The van der Waals surface area contributed by atoms with Crippen molar-refractivity contribution in [3.63, 3.8) is 0 Å². The first-order valence-corrected chi connectivity index (χ1v) is 6.69. The second kappa shape index (κ2) is 5.83. The molecule has 0 saturated heterocycles. The van der Waals surface area contributed by atoms with Gasteiger partial charge in [-0.25, -0.2) is 4.39 Å². The van der Waals surface area contributed by atoms with E-state index in [-0.39, 0.29) is 11.1 Å². The van der Waals surface area contributed by atoms with Crippen LogP contribution in [0.25, 0.3) is 0 Å². The molecule has 0 aliphatic carbocycles. The lowest BCUT2D eigenvalue weighted by molar-refractivity contribution is 0.619. The third-order valence-electron chi connectivity index (χ3n) is 2.73. The Hall–Kier alpha value is -0.900. The molecule has 0 radical (unpaired) electrons. The van der Waals surface area contributed by atoms with Gasteiger partial charge in [-0.15, -0.1) is 0 Å². The van der Waals surface area contributed by atoms with Gasteiger partial charge in [-0.05, 0) is 35.7 Å². The molecule has 0 saturated carbocycles. The van der Waals surface area contributed by atoms with E-state index in [1.165, 1.54) is 6.07 Å². The molecule has 2 N–H and O–H groups in total. The van der Waals surface area contributed by atoms with Crippen LogP contribution in [0, 0.1) is 5.82 Å². The first kappa shape index (κ1) is 13.5. The number of hydrogen-bond donors (Lipinski definition) is 1. The van der Waals surface area contributed by atoms with Crippen LogP contribution >= 0.6 is 27.5 Å². The van der Waals surface area contributed by atoms with Crippen molar-refractivity contribution < 1.29 is 4.39 Å². The summed E-state index contributed by atoms with van der Waals surface area (Å²) in [6.07, 6.45) is 0.614. The fourth-order valence-electron chi connectivity index (χ4n) is 1.83. The summed E-state index contributed by atoms with van der Waals surface area (Å²) in [5, 5.41) is 0.111. The summed E-state index contributed by atoms with van der Waals surface area (Å²) in [4.78, 5) is 0. The van der Waals surface area contributed by atoms with Crippen LogP contribution in [0.2, 0.25) is 5.02 Å². The van der Waals surface area contributed by atoms with Crippen LogP contribution in [0.3, 0.4) is 0 Å². The summed E-state index contributed by atoms with van der Waals surface area (Å²) in [6, 6.07) is 12.3. The summed E-state index contributed by atoms with van der Waals surface area (Å²) in [5.41, 5.74) is 7.80. The first-order valence-electron chi connectivity index (χ1n) is 5.52. The summed E-state index contributed by atoms with van der Waals surface area (Å²) < 4.78 is 14.3. The Kier molecular flexibility index (Phi) is 4.38. The van der Waals surface area contributed by atoms with Gasteiger partial charge in [-0.1, -0.05) is 51.8 Å². The maximum absolute atomic E-state index is 13.3.